The Labute approximate surface area is 235 Å². The molecule has 0 saturated heterocycles. The number of nitrogens with zero attached hydrogens (tertiary/aromatic N) is 1. The first-order valence-corrected chi connectivity index (χ1v) is 13.8. The van der Waals surface area contributed by atoms with E-state index in [-0.39, 0.29) is 23.8 Å². The van der Waals surface area contributed by atoms with Crippen molar-refractivity contribution in [3.8, 4) is 0 Å². The largest absolute Gasteiger partial charge is 0.384 e. The average molecular weight is 536 g/mol. The topological polar surface area (TPSA) is 81.7 Å². The van der Waals surface area contributed by atoms with Crippen molar-refractivity contribution < 1.29 is 14.7 Å². The first-order valence-electron chi connectivity index (χ1n) is 13.8. The maximum absolute atomic E-state index is 14.0. The van der Waals surface area contributed by atoms with Crippen LogP contribution in [0.5, 0.6) is 0 Å². The van der Waals surface area contributed by atoms with Gasteiger partial charge in [0, 0.05) is 12.5 Å². The Balaban J connectivity index is 2.34. The van der Waals surface area contributed by atoms with Crippen molar-refractivity contribution in [2.45, 2.75) is 85.0 Å². The molecule has 2 rings (SSSR count). The Bertz CT molecular complexity index is 1100. The van der Waals surface area contributed by atoms with E-state index in [2.05, 4.69) is 24.5 Å². The molecule has 0 aliphatic heterocycles. The van der Waals surface area contributed by atoms with E-state index >= 15 is 0 Å². The van der Waals surface area contributed by atoms with Crippen LogP contribution in [0.3, 0.4) is 0 Å². The molecule has 0 aliphatic carbocycles. The molecule has 2 aromatic carbocycles. The van der Waals surface area contributed by atoms with Crippen LogP contribution in [0.2, 0.25) is 0 Å². The molecule has 214 valence electrons. The lowest BCUT2D eigenvalue weighted by molar-refractivity contribution is -0.140. The molecule has 2 amide bonds. The van der Waals surface area contributed by atoms with Crippen molar-refractivity contribution in [3.05, 3.63) is 83.4 Å². The van der Waals surface area contributed by atoms with Gasteiger partial charge < -0.3 is 20.6 Å². The molecule has 4 atom stereocenters. The first kappa shape index (κ1) is 32.3. The Hall–Kier alpha value is -2.96. The van der Waals surface area contributed by atoms with Gasteiger partial charge in [0.1, 0.15) is 6.04 Å². The molecule has 6 heteroatoms. The maximum atomic E-state index is 14.0. The molecule has 6 nitrogen and oxygen atoms in total. The number of carbonyl (C=O) groups is 2. The summed E-state index contributed by atoms with van der Waals surface area (Å²) in [5.41, 5.74) is 1.58. The molecule has 1 unspecified atom stereocenters. The highest BCUT2D eigenvalue weighted by Crippen LogP contribution is 2.29. The summed E-state index contributed by atoms with van der Waals surface area (Å²) in [6, 6.07) is 17.9. The van der Waals surface area contributed by atoms with Gasteiger partial charge in [-0.3, -0.25) is 9.59 Å². The van der Waals surface area contributed by atoms with Crippen LogP contribution >= 0.6 is 0 Å². The van der Waals surface area contributed by atoms with Crippen LogP contribution < -0.4 is 10.6 Å². The second kappa shape index (κ2) is 13.4. The zero-order chi connectivity index (χ0) is 29.5. The van der Waals surface area contributed by atoms with Crippen molar-refractivity contribution in [1.29, 1.82) is 0 Å². The van der Waals surface area contributed by atoms with E-state index in [1.54, 1.807) is 19.0 Å². The van der Waals surface area contributed by atoms with Crippen molar-refractivity contribution in [2.24, 2.45) is 11.3 Å². The van der Waals surface area contributed by atoms with Gasteiger partial charge in [0.05, 0.1) is 18.2 Å². The van der Waals surface area contributed by atoms with Gasteiger partial charge in [-0.25, -0.2) is 0 Å². The number of benzene rings is 2. The minimum absolute atomic E-state index is 0.0928. The third kappa shape index (κ3) is 8.02. The molecule has 0 radical (unpaired) electrons. The van der Waals surface area contributed by atoms with Gasteiger partial charge in [0.15, 0.2) is 0 Å². The number of likely N-dealkylation sites (N-methyl/N-ethyl adjacent to an activating group) is 2. The van der Waals surface area contributed by atoms with Gasteiger partial charge in [0.25, 0.3) is 0 Å². The van der Waals surface area contributed by atoms with Crippen LogP contribution in [0.4, 0.5) is 0 Å². The Morgan fingerprint density at radius 1 is 0.897 bits per heavy atom. The van der Waals surface area contributed by atoms with Gasteiger partial charge in [-0.05, 0) is 42.0 Å². The van der Waals surface area contributed by atoms with E-state index in [9.17, 15) is 14.7 Å². The summed E-state index contributed by atoms with van der Waals surface area (Å²) in [6.45, 7) is 15.9. The number of carbonyl (C=O) groups excluding carboxylic acids is 2. The molecule has 0 fully saturated rings. The van der Waals surface area contributed by atoms with E-state index in [1.165, 1.54) is 0 Å². The summed E-state index contributed by atoms with van der Waals surface area (Å²) >= 11 is 0. The minimum Gasteiger partial charge on any atom is -0.384 e. The lowest BCUT2D eigenvalue weighted by Gasteiger charge is -2.40. The quantitative estimate of drug-likeness (QED) is 0.344. The van der Waals surface area contributed by atoms with Crippen LogP contribution in [0.1, 0.15) is 72.6 Å². The van der Waals surface area contributed by atoms with E-state index < -0.39 is 29.0 Å². The molecular formula is C33H49N3O3. The maximum Gasteiger partial charge on any atom is 0.245 e. The molecule has 0 saturated carbocycles. The zero-order valence-electron chi connectivity index (χ0n) is 25.4. The molecular weight excluding hydrogens is 486 g/mol. The number of aliphatic hydroxyl groups is 1. The summed E-state index contributed by atoms with van der Waals surface area (Å²) in [7, 11) is 3.55. The fraction of sp³-hybridized carbons (Fsp3) is 0.515. The molecule has 0 aromatic heterocycles. The highest BCUT2D eigenvalue weighted by atomic mass is 16.3. The zero-order valence-corrected chi connectivity index (χ0v) is 25.4. The third-order valence-electron chi connectivity index (χ3n) is 7.65. The molecule has 3 N–H and O–H groups in total. The minimum atomic E-state index is -0.759. The van der Waals surface area contributed by atoms with Crippen molar-refractivity contribution in [3.63, 3.8) is 0 Å². The molecule has 2 aromatic rings. The molecule has 0 spiro atoms. The van der Waals surface area contributed by atoms with Gasteiger partial charge in [0.2, 0.25) is 11.8 Å². The van der Waals surface area contributed by atoms with Gasteiger partial charge in [-0.15, -0.1) is 0 Å². The van der Waals surface area contributed by atoms with Crippen molar-refractivity contribution in [1.82, 2.24) is 15.5 Å². The van der Waals surface area contributed by atoms with E-state index in [1.807, 2.05) is 108 Å². The van der Waals surface area contributed by atoms with Gasteiger partial charge in [-0.1, -0.05) is 115 Å². The van der Waals surface area contributed by atoms with Crippen LogP contribution in [-0.4, -0.2) is 54.0 Å². The molecule has 0 bridgehead atoms. The van der Waals surface area contributed by atoms with E-state index in [4.69, 9.17) is 0 Å². The van der Waals surface area contributed by atoms with Crippen LogP contribution in [0, 0.1) is 11.3 Å². The second-order valence-corrected chi connectivity index (χ2v) is 12.5. The lowest BCUT2D eigenvalue weighted by atomic mass is 9.76. The van der Waals surface area contributed by atoms with E-state index in [0.717, 1.165) is 16.7 Å². The van der Waals surface area contributed by atoms with Crippen molar-refractivity contribution in [2.75, 3.05) is 14.1 Å². The molecule has 0 aliphatic rings. The summed E-state index contributed by atoms with van der Waals surface area (Å²) < 4.78 is 0. The summed E-state index contributed by atoms with van der Waals surface area (Å²) in [4.78, 5) is 29.4. The Morgan fingerprint density at radius 2 is 1.41 bits per heavy atom. The second-order valence-electron chi connectivity index (χ2n) is 12.5. The Morgan fingerprint density at radius 3 is 1.87 bits per heavy atom. The number of aliphatic hydroxyl groups excluding tert-OH is 1. The number of rotatable bonds is 11. The normalized spacial score (nSPS) is 15.8. The van der Waals surface area contributed by atoms with Gasteiger partial charge >= 0.3 is 0 Å². The Kier molecular flexibility index (Phi) is 11.1. The highest BCUT2D eigenvalue weighted by molar-refractivity contribution is 5.91. The van der Waals surface area contributed by atoms with Crippen LogP contribution in [0.15, 0.2) is 72.3 Å². The fourth-order valence-corrected chi connectivity index (χ4v) is 5.09. The predicted octanol–water partition coefficient (Wildman–Crippen LogP) is 5.25. The fourth-order valence-electron chi connectivity index (χ4n) is 5.09. The predicted molar refractivity (Wildman–Crippen MR) is 160 cm³/mol. The summed E-state index contributed by atoms with van der Waals surface area (Å²) in [6.07, 6.45) is 1.21. The number of hydrogen-bond acceptors (Lipinski definition) is 4. The molecule has 39 heavy (non-hydrogen) atoms. The third-order valence-corrected chi connectivity index (χ3v) is 7.65. The number of amides is 2. The standard InChI is InChI=1S/C33H49N3O3/c1-22(2)26(21-23(3)27(37)24-17-13-11-14-18-24)36(10)31(39)29(32(4,5)6)35-30(38)28(34-9)33(7,8)25-19-15-12-16-20-25/h11-22,26-29,34,37H,1-10H3,(H,35,38)/b23-21+/t26-,27?,28-,29-/m1/s1. The number of nitrogens with one attached hydrogen (secondary N) is 2. The number of hydrogen-bond donors (Lipinski definition) is 3. The summed E-state index contributed by atoms with van der Waals surface area (Å²) in [5.74, 6) is -0.296. The SMILES string of the molecule is CN[C@H](C(=O)N[C@H](C(=O)N(C)[C@H](/C=C(\C)C(O)c1ccccc1)C(C)C)C(C)(C)C)C(C)(C)c1ccccc1. The van der Waals surface area contributed by atoms with Crippen LogP contribution in [-0.2, 0) is 15.0 Å². The summed E-state index contributed by atoms with van der Waals surface area (Å²) in [5, 5.41) is 17.2. The van der Waals surface area contributed by atoms with Crippen molar-refractivity contribution >= 4 is 11.8 Å². The monoisotopic (exact) mass is 535 g/mol. The van der Waals surface area contributed by atoms with Crippen LogP contribution in [0.25, 0.3) is 0 Å². The van der Waals surface area contributed by atoms with E-state index in [0.29, 0.717) is 0 Å². The first-order chi connectivity index (χ1) is 18.1. The molecule has 0 heterocycles. The average Bonchev–Trinajstić information content (AvgIpc) is 2.89. The smallest absolute Gasteiger partial charge is 0.245 e. The van der Waals surface area contributed by atoms with Gasteiger partial charge in [-0.2, -0.15) is 0 Å². The highest BCUT2D eigenvalue weighted by Gasteiger charge is 2.41. The lowest BCUT2D eigenvalue weighted by Crippen LogP contribution is -2.61.